The van der Waals surface area contributed by atoms with E-state index in [1.807, 2.05) is 60.9 Å². The number of aromatic amines is 1. The van der Waals surface area contributed by atoms with Crippen LogP contribution in [0.1, 0.15) is 62.2 Å². The minimum Gasteiger partial charge on any atom is -0.347 e. The van der Waals surface area contributed by atoms with Gasteiger partial charge in [-0.3, -0.25) is 19.8 Å². The van der Waals surface area contributed by atoms with Gasteiger partial charge in [-0.1, -0.05) is 57.2 Å². The highest BCUT2D eigenvalue weighted by molar-refractivity contribution is 5.79. The molecule has 2 aromatic heterocycles. The third-order valence-corrected chi connectivity index (χ3v) is 6.50. The van der Waals surface area contributed by atoms with E-state index >= 15 is 0 Å². The summed E-state index contributed by atoms with van der Waals surface area (Å²) in [7, 11) is 0. The molecular formula is C27H35N5O. The predicted octanol–water partition coefficient (Wildman–Crippen LogP) is 4.41. The molecule has 1 aromatic carbocycles. The first kappa shape index (κ1) is 23.2. The Morgan fingerprint density at radius 3 is 2.52 bits per heavy atom. The second kappa shape index (κ2) is 10.3. The van der Waals surface area contributed by atoms with Crippen molar-refractivity contribution in [3.8, 4) is 0 Å². The highest BCUT2D eigenvalue weighted by Gasteiger charge is 2.30. The molecule has 0 radical (unpaired) electrons. The molecule has 6 heteroatoms. The minimum absolute atomic E-state index is 0.0486. The Hall–Kier alpha value is -2.99. The van der Waals surface area contributed by atoms with Gasteiger partial charge in [0.05, 0.1) is 24.4 Å². The average Bonchev–Trinajstić information content (AvgIpc) is 3.28. The van der Waals surface area contributed by atoms with E-state index in [1.54, 1.807) is 0 Å². The smallest absolute Gasteiger partial charge is 0.224 e. The summed E-state index contributed by atoms with van der Waals surface area (Å²) < 4.78 is 0. The number of pyridine rings is 1. The quantitative estimate of drug-likeness (QED) is 0.565. The monoisotopic (exact) mass is 445 g/mol. The molecule has 6 nitrogen and oxygen atoms in total. The fourth-order valence-corrected chi connectivity index (χ4v) is 4.76. The van der Waals surface area contributed by atoms with Crippen molar-refractivity contribution in [2.45, 2.75) is 58.0 Å². The summed E-state index contributed by atoms with van der Waals surface area (Å²) in [5.74, 6) is 0.412. The maximum atomic E-state index is 12.9. The fraction of sp³-hybridized carbons (Fsp3) is 0.444. The Labute approximate surface area is 196 Å². The normalized spacial score (nSPS) is 16.5. The number of piperidine rings is 1. The van der Waals surface area contributed by atoms with Crippen LogP contribution in [0.2, 0.25) is 0 Å². The van der Waals surface area contributed by atoms with Gasteiger partial charge in [-0.05, 0) is 49.5 Å². The van der Waals surface area contributed by atoms with Crippen LogP contribution in [0.3, 0.4) is 0 Å². The van der Waals surface area contributed by atoms with Gasteiger partial charge in [0, 0.05) is 29.4 Å². The number of carbonyl (C=O) groups excluding carboxylic acids is 1. The van der Waals surface area contributed by atoms with Crippen molar-refractivity contribution in [1.82, 2.24) is 25.4 Å². The molecule has 3 aromatic rings. The van der Waals surface area contributed by atoms with Gasteiger partial charge in [0.25, 0.3) is 0 Å². The number of rotatable bonds is 7. The molecule has 174 valence electrons. The minimum atomic E-state index is -0.0661. The SMILES string of the molecule is CC(C)(C)c1[nH]ncc1CN1CCC([C@@H](NC(=O)Cc2ccccc2)c2ccccn2)CC1. The number of aromatic nitrogens is 3. The molecule has 1 fully saturated rings. The zero-order valence-corrected chi connectivity index (χ0v) is 19.9. The first-order valence-electron chi connectivity index (χ1n) is 11.9. The highest BCUT2D eigenvalue weighted by atomic mass is 16.1. The van der Waals surface area contributed by atoms with E-state index in [-0.39, 0.29) is 17.4 Å². The number of hydrogen-bond donors (Lipinski definition) is 2. The Morgan fingerprint density at radius 1 is 1.12 bits per heavy atom. The maximum absolute atomic E-state index is 12.9. The molecule has 3 heterocycles. The van der Waals surface area contributed by atoms with E-state index in [0.717, 1.165) is 43.7 Å². The molecule has 0 unspecified atom stereocenters. The van der Waals surface area contributed by atoms with Crippen molar-refractivity contribution in [1.29, 1.82) is 0 Å². The molecule has 0 saturated carbocycles. The van der Waals surface area contributed by atoms with Crippen LogP contribution in [-0.4, -0.2) is 39.1 Å². The molecule has 1 saturated heterocycles. The molecule has 1 atom stereocenters. The number of likely N-dealkylation sites (tertiary alicyclic amines) is 1. The molecule has 1 aliphatic heterocycles. The zero-order chi connectivity index (χ0) is 23.3. The van der Waals surface area contributed by atoms with Crippen LogP contribution in [0, 0.1) is 5.92 Å². The Balaban J connectivity index is 1.40. The Morgan fingerprint density at radius 2 is 1.85 bits per heavy atom. The van der Waals surface area contributed by atoms with Gasteiger partial charge in [-0.25, -0.2) is 0 Å². The van der Waals surface area contributed by atoms with Gasteiger partial charge in [-0.2, -0.15) is 5.10 Å². The first-order valence-corrected chi connectivity index (χ1v) is 11.9. The summed E-state index contributed by atoms with van der Waals surface area (Å²) in [5, 5.41) is 10.8. The van der Waals surface area contributed by atoms with Crippen LogP contribution in [-0.2, 0) is 23.2 Å². The number of benzene rings is 1. The Bertz CT molecular complexity index is 1020. The lowest BCUT2D eigenvalue weighted by atomic mass is 9.86. The number of carbonyl (C=O) groups is 1. The van der Waals surface area contributed by atoms with Crippen LogP contribution in [0.15, 0.2) is 60.9 Å². The van der Waals surface area contributed by atoms with Crippen molar-refractivity contribution in [3.05, 3.63) is 83.4 Å². The van der Waals surface area contributed by atoms with Crippen molar-refractivity contribution >= 4 is 5.91 Å². The molecular weight excluding hydrogens is 410 g/mol. The van der Waals surface area contributed by atoms with E-state index in [1.165, 1.54) is 11.3 Å². The Kier molecular flexibility index (Phi) is 7.23. The largest absolute Gasteiger partial charge is 0.347 e. The average molecular weight is 446 g/mol. The van der Waals surface area contributed by atoms with Crippen molar-refractivity contribution in [3.63, 3.8) is 0 Å². The summed E-state index contributed by atoms with van der Waals surface area (Å²) in [4.78, 5) is 20.0. The first-order chi connectivity index (χ1) is 15.9. The van der Waals surface area contributed by atoms with Gasteiger partial charge >= 0.3 is 0 Å². The molecule has 4 rings (SSSR count). The van der Waals surface area contributed by atoms with Crippen molar-refractivity contribution in [2.75, 3.05) is 13.1 Å². The lowest BCUT2D eigenvalue weighted by Crippen LogP contribution is -2.41. The lowest BCUT2D eigenvalue weighted by Gasteiger charge is -2.36. The topological polar surface area (TPSA) is 73.9 Å². The van der Waals surface area contributed by atoms with Crippen LogP contribution < -0.4 is 5.32 Å². The highest BCUT2D eigenvalue weighted by Crippen LogP contribution is 2.31. The van der Waals surface area contributed by atoms with E-state index in [9.17, 15) is 4.79 Å². The number of amides is 1. The lowest BCUT2D eigenvalue weighted by molar-refractivity contribution is -0.121. The van der Waals surface area contributed by atoms with Crippen molar-refractivity contribution < 1.29 is 4.79 Å². The number of H-pyrrole nitrogens is 1. The van der Waals surface area contributed by atoms with Gasteiger partial charge < -0.3 is 5.32 Å². The van der Waals surface area contributed by atoms with E-state index in [4.69, 9.17) is 0 Å². The molecule has 1 aliphatic rings. The molecule has 0 spiro atoms. The van der Waals surface area contributed by atoms with E-state index < -0.39 is 0 Å². The second-order valence-corrected chi connectivity index (χ2v) is 10.1. The zero-order valence-electron chi connectivity index (χ0n) is 19.9. The summed E-state index contributed by atoms with van der Waals surface area (Å²) in [6.45, 7) is 9.54. The summed E-state index contributed by atoms with van der Waals surface area (Å²) in [6, 6.07) is 15.8. The summed E-state index contributed by atoms with van der Waals surface area (Å²) in [6.07, 6.45) is 6.21. The van der Waals surface area contributed by atoms with Gasteiger partial charge in [0.15, 0.2) is 0 Å². The number of nitrogens with zero attached hydrogens (tertiary/aromatic N) is 3. The second-order valence-electron chi connectivity index (χ2n) is 10.1. The third kappa shape index (κ3) is 6.08. The summed E-state index contributed by atoms with van der Waals surface area (Å²) in [5.41, 5.74) is 4.51. The maximum Gasteiger partial charge on any atom is 0.224 e. The molecule has 0 aliphatic carbocycles. The van der Waals surface area contributed by atoms with E-state index in [2.05, 4.69) is 46.2 Å². The third-order valence-electron chi connectivity index (χ3n) is 6.50. The van der Waals surface area contributed by atoms with Crippen molar-refractivity contribution in [2.24, 2.45) is 5.92 Å². The van der Waals surface area contributed by atoms with E-state index in [0.29, 0.717) is 12.3 Å². The number of nitrogens with one attached hydrogen (secondary N) is 2. The number of hydrogen-bond acceptors (Lipinski definition) is 4. The van der Waals surface area contributed by atoms with Crippen LogP contribution in [0.4, 0.5) is 0 Å². The molecule has 1 amide bonds. The van der Waals surface area contributed by atoms with Gasteiger partial charge in [0.2, 0.25) is 5.91 Å². The molecule has 33 heavy (non-hydrogen) atoms. The molecule has 0 bridgehead atoms. The van der Waals surface area contributed by atoms with Crippen LogP contribution >= 0.6 is 0 Å². The molecule has 2 N–H and O–H groups in total. The van der Waals surface area contributed by atoms with Crippen LogP contribution in [0.5, 0.6) is 0 Å². The fourth-order valence-electron chi connectivity index (χ4n) is 4.76. The van der Waals surface area contributed by atoms with Gasteiger partial charge in [0.1, 0.15) is 0 Å². The predicted molar refractivity (Wildman–Crippen MR) is 131 cm³/mol. The summed E-state index contributed by atoms with van der Waals surface area (Å²) >= 11 is 0. The van der Waals surface area contributed by atoms with Crippen LogP contribution in [0.25, 0.3) is 0 Å². The standard InChI is InChI=1S/C27H35N5O/c1-27(2,3)26-22(18-29-31-26)19-32-15-12-21(13-16-32)25(23-11-7-8-14-28-23)30-24(33)17-20-9-5-4-6-10-20/h4-11,14,18,21,25H,12-13,15-17,19H2,1-3H3,(H,29,31)(H,30,33)/t25-/m1/s1. The van der Waals surface area contributed by atoms with Gasteiger partial charge in [-0.15, -0.1) is 0 Å².